The van der Waals surface area contributed by atoms with Crippen molar-refractivity contribution in [1.29, 1.82) is 0 Å². The first kappa shape index (κ1) is 23.2. The van der Waals surface area contributed by atoms with Crippen LogP contribution in [0.3, 0.4) is 0 Å². The van der Waals surface area contributed by atoms with Crippen molar-refractivity contribution in [3.8, 4) is 5.75 Å². The molecule has 0 radical (unpaired) electrons. The third-order valence-electron chi connectivity index (χ3n) is 4.34. The summed E-state index contributed by atoms with van der Waals surface area (Å²) in [6, 6.07) is 13.1. The molecule has 0 aliphatic rings. The van der Waals surface area contributed by atoms with Crippen LogP contribution in [-0.2, 0) is 14.8 Å². The zero-order valence-electron chi connectivity index (χ0n) is 17.5. The molecule has 9 heteroatoms. The first-order valence-corrected chi connectivity index (χ1v) is 11.4. The highest BCUT2D eigenvalue weighted by Crippen LogP contribution is 2.22. The van der Waals surface area contributed by atoms with Crippen molar-refractivity contribution in [2.75, 3.05) is 29.5 Å². The molecule has 0 aromatic heterocycles. The van der Waals surface area contributed by atoms with Crippen molar-refractivity contribution < 1.29 is 22.7 Å². The van der Waals surface area contributed by atoms with Crippen LogP contribution in [0.4, 0.5) is 11.4 Å². The van der Waals surface area contributed by atoms with Gasteiger partial charge in [-0.2, -0.15) is 0 Å². The number of amides is 2. The summed E-state index contributed by atoms with van der Waals surface area (Å²) in [7, 11) is -1.91. The summed E-state index contributed by atoms with van der Waals surface area (Å²) in [6.07, 6.45) is 1.09. The Kier molecular flexibility index (Phi) is 7.82. The monoisotopic (exact) mass is 433 g/mol. The van der Waals surface area contributed by atoms with E-state index in [2.05, 4.69) is 10.6 Å². The lowest BCUT2D eigenvalue weighted by Crippen LogP contribution is -2.32. The highest BCUT2D eigenvalue weighted by atomic mass is 32.2. The topological polar surface area (TPSA) is 105 Å². The van der Waals surface area contributed by atoms with E-state index in [1.807, 2.05) is 6.92 Å². The molecule has 0 saturated heterocycles. The maximum Gasteiger partial charge on any atom is 0.265 e. The second-order valence-electron chi connectivity index (χ2n) is 6.78. The van der Waals surface area contributed by atoms with Crippen LogP contribution in [-0.4, -0.2) is 46.2 Å². The van der Waals surface area contributed by atoms with Gasteiger partial charge in [0.05, 0.1) is 23.2 Å². The van der Waals surface area contributed by atoms with Gasteiger partial charge in [0, 0.05) is 13.6 Å². The van der Waals surface area contributed by atoms with Crippen molar-refractivity contribution in [3.05, 3.63) is 54.1 Å². The highest BCUT2D eigenvalue weighted by Gasteiger charge is 2.19. The van der Waals surface area contributed by atoms with Gasteiger partial charge in [-0.15, -0.1) is 0 Å². The molecule has 0 spiro atoms. The molecule has 2 aromatic rings. The normalized spacial score (nSPS) is 12.0. The lowest BCUT2D eigenvalue weighted by molar-refractivity contribution is -0.122. The Balaban J connectivity index is 2.05. The van der Waals surface area contributed by atoms with Gasteiger partial charge in [0.25, 0.3) is 11.8 Å². The zero-order valence-corrected chi connectivity index (χ0v) is 18.3. The summed E-state index contributed by atoms with van der Waals surface area (Å²) >= 11 is 0. The molecule has 30 heavy (non-hydrogen) atoms. The molecular formula is C21H27N3O5S. The molecule has 1 atom stereocenters. The smallest absolute Gasteiger partial charge is 0.265 e. The summed E-state index contributed by atoms with van der Waals surface area (Å²) in [4.78, 5) is 24.8. The molecule has 2 rings (SSSR count). The third-order valence-corrected chi connectivity index (χ3v) is 5.55. The number of hydrogen-bond donors (Lipinski definition) is 2. The van der Waals surface area contributed by atoms with Gasteiger partial charge in [-0.25, -0.2) is 8.42 Å². The Labute approximate surface area is 177 Å². The SMILES string of the molecule is CCCNC(=O)c1ccccc1NC(=O)C(C)Oc1ccc(N(C)S(C)(=O)=O)cc1. The summed E-state index contributed by atoms with van der Waals surface area (Å²) < 4.78 is 30.0. The van der Waals surface area contributed by atoms with Crippen LogP contribution >= 0.6 is 0 Å². The van der Waals surface area contributed by atoms with Crippen molar-refractivity contribution in [2.45, 2.75) is 26.4 Å². The molecule has 162 valence electrons. The van der Waals surface area contributed by atoms with Crippen LogP contribution in [0.5, 0.6) is 5.75 Å². The number of nitrogens with zero attached hydrogens (tertiary/aromatic N) is 1. The first-order valence-electron chi connectivity index (χ1n) is 9.52. The van der Waals surface area contributed by atoms with Gasteiger partial charge in [0.2, 0.25) is 10.0 Å². The Bertz CT molecular complexity index is 990. The molecular weight excluding hydrogens is 406 g/mol. The Hall–Kier alpha value is -3.07. The number of carbonyl (C=O) groups is 2. The number of nitrogens with one attached hydrogen (secondary N) is 2. The van der Waals surface area contributed by atoms with Crippen LogP contribution < -0.4 is 19.7 Å². The standard InChI is InChI=1S/C21H27N3O5S/c1-5-14-22-21(26)18-8-6-7-9-19(18)23-20(25)15(2)29-17-12-10-16(11-13-17)24(3)30(4,27)28/h6-13,15H,5,14H2,1-4H3,(H,22,26)(H,23,25). The highest BCUT2D eigenvalue weighted by molar-refractivity contribution is 7.92. The predicted octanol–water partition coefficient (Wildman–Crippen LogP) is 2.63. The van der Waals surface area contributed by atoms with E-state index in [-0.39, 0.29) is 5.91 Å². The van der Waals surface area contributed by atoms with Crippen molar-refractivity contribution in [3.63, 3.8) is 0 Å². The average Bonchev–Trinajstić information content (AvgIpc) is 2.71. The number of benzene rings is 2. The first-order chi connectivity index (χ1) is 14.1. The van der Waals surface area contributed by atoms with Gasteiger partial charge in [-0.1, -0.05) is 19.1 Å². The van der Waals surface area contributed by atoms with E-state index >= 15 is 0 Å². The Morgan fingerprint density at radius 2 is 1.73 bits per heavy atom. The minimum absolute atomic E-state index is 0.257. The molecule has 0 heterocycles. The van der Waals surface area contributed by atoms with Gasteiger partial charge in [0.1, 0.15) is 5.75 Å². The molecule has 0 saturated carbocycles. The number of ether oxygens (including phenoxy) is 1. The number of sulfonamides is 1. The van der Waals surface area contributed by atoms with E-state index in [9.17, 15) is 18.0 Å². The van der Waals surface area contributed by atoms with Crippen molar-refractivity contribution in [2.24, 2.45) is 0 Å². The van der Waals surface area contributed by atoms with E-state index < -0.39 is 22.0 Å². The second-order valence-corrected chi connectivity index (χ2v) is 8.79. The summed E-state index contributed by atoms with van der Waals surface area (Å²) in [5.41, 5.74) is 1.25. The molecule has 2 N–H and O–H groups in total. The molecule has 1 unspecified atom stereocenters. The largest absolute Gasteiger partial charge is 0.481 e. The van der Waals surface area contributed by atoms with E-state index in [4.69, 9.17) is 4.74 Å². The minimum Gasteiger partial charge on any atom is -0.481 e. The van der Waals surface area contributed by atoms with Gasteiger partial charge < -0.3 is 15.4 Å². The minimum atomic E-state index is -3.36. The summed E-state index contributed by atoms with van der Waals surface area (Å²) in [6.45, 7) is 4.09. The van der Waals surface area contributed by atoms with E-state index in [1.165, 1.54) is 7.05 Å². The molecule has 0 aliphatic carbocycles. The van der Waals surface area contributed by atoms with Gasteiger partial charge in [0.15, 0.2) is 6.10 Å². The summed E-state index contributed by atoms with van der Waals surface area (Å²) in [5, 5.41) is 5.51. The quantitative estimate of drug-likeness (QED) is 0.633. The van der Waals surface area contributed by atoms with Gasteiger partial charge in [-0.3, -0.25) is 13.9 Å². The summed E-state index contributed by atoms with van der Waals surface area (Å²) in [5.74, 6) is -0.257. The predicted molar refractivity (Wildman–Crippen MR) is 117 cm³/mol. The Morgan fingerprint density at radius 3 is 2.33 bits per heavy atom. The van der Waals surface area contributed by atoms with Gasteiger partial charge >= 0.3 is 0 Å². The number of hydrogen-bond acceptors (Lipinski definition) is 5. The van der Waals surface area contributed by atoms with Crippen LogP contribution in [0, 0.1) is 0 Å². The lowest BCUT2D eigenvalue weighted by Gasteiger charge is -2.18. The fourth-order valence-electron chi connectivity index (χ4n) is 2.54. The van der Waals surface area contributed by atoms with Crippen LogP contribution in [0.25, 0.3) is 0 Å². The van der Waals surface area contributed by atoms with Crippen LogP contribution in [0.15, 0.2) is 48.5 Å². The number of anilines is 2. The maximum atomic E-state index is 12.6. The lowest BCUT2D eigenvalue weighted by atomic mass is 10.1. The Morgan fingerprint density at radius 1 is 1.10 bits per heavy atom. The van der Waals surface area contributed by atoms with Crippen molar-refractivity contribution >= 4 is 33.2 Å². The van der Waals surface area contributed by atoms with E-state index in [1.54, 1.807) is 55.5 Å². The number of carbonyl (C=O) groups excluding carboxylic acids is 2. The molecule has 2 amide bonds. The number of para-hydroxylation sites is 1. The molecule has 2 aromatic carbocycles. The number of rotatable bonds is 9. The van der Waals surface area contributed by atoms with Crippen molar-refractivity contribution in [1.82, 2.24) is 5.32 Å². The van der Waals surface area contributed by atoms with Crippen LogP contribution in [0.2, 0.25) is 0 Å². The molecule has 0 aliphatic heterocycles. The van der Waals surface area contributed by atoms with Gasteiger partial charge in [-0.05, 0) is 49.7 Å². The average molecular weight is 434 g/mol. The van der Waals surface area contributed by atoms with E-state index in [0.717, 1.165) is 17.0 Å². The van der Waals surface area contributed by atoms with Crippen LogP contribution in [0.1, 0.15) is 30.6 Å². The molecule has 0 fully saturated rings. The maximum absolute atomic E-state index is 12.6. The second kappa shape index (κ2) is 10.1. The van der Waals surface area contributed by atoms with E-state index in [0.29, 0.717) is 29.2 Å². The molecule has 8 nitrogen and oxygen atoms in total. The fourth-order valence-corrected chi connectivity index (χ4v) is 3.05. The fraction of sp³-hybridized carbons (Fsp3) is 0.333. The zero-order chi connectivity index (χ0) is 22.3. The molecule has 0 bridgehead atoms. The third kappa shape index (κ3) is 6.21.